The standard InChI is InChI=1S/C11H13NO2/c1-8-10(12-8)11(13)14-7-9-5-3-2-4-6-9/h2-6,8,10,12H,7H2,1H3/t8-,10-/m0/s1. The normalized spacial score (nSPS) is 24.4. The van der Waals surface area contributed by atoms with Crippen molar-refractivity contribution in [3.8, 4) is 0 Å². The Hall–Kier alpha value is -1.35. The van der Waals surface area contributed by atoms with Crippen LogP contribution in [0.2, 0.25) is 0 Å². The van der Waals surface area contributed by atoms with Crippen LogP contribution < -0.4 is 5.32 Å². The fourth-order valence-electron chi connectivity index (χ4n) is 1.32. The fourth-order valence-corrected chi connectivity index (χ4v) is 1.32. The van der Waals surface area contributed by atoms with E-state index in [1.54, 1.807) is 0 Å². The van der Waals surface area contributed by atoms with Crippen molar-refractivity contribution in [2.45, 2.75) is 25.6 Å². The minimum atomic E-state index is -0.152. The fraction of sp³-hybridized carbons (Fsp3) is 0.364. The van der Waals surface area contributed by atoms with Gasteiger partial charge in [0.25, 0.3) is 0 Å². The third kappa shape index (κ3) is 2.12. The molecule has 1 aliphatic heterocycles. The molecule has 1 aromatic rings. The zero-order valence-corrected chi connectivity index (χ0v) is 8.07. The van der Waals surface area contributed by atoms with Crippen LogP contribution in [0, 0.1) is 0 Å². The highest BCUT2D eigenvalue weighted by molar-refractivity contribution is 5.80. The predicted molar refractivity (Wildman–Crippen MR) is 52.6 cm³/mol. The van der Waals surface area contributed by atoms with Gasteiger partial charge in [0.1, 0.15) is 12.6 Å². The van der Waals surface area contributed by atoms with Gasteiger partial charge in [-0.25, -0.2) is 0 Å². The number of ether oxygens (including phenoxy) is 1. The SMILES string of the molecule is C[C@@H]1N[C@@H]1C(=O)OCc1ccccc1. The summed E-state index contributed by atoms with van der Waals surface area (Å²) in [6.07, 6.45) is 0. The van der Waals surface area contributed by atoms with Crippen molar-refractivity contribution in [1.29, 1.82) is 0 Å². The summed E-state index contributed by atoms with van der Waals surface area (Å²) in [7, 11) is 0. The number of rotatable bonds is 3. The smallest absolute Gasteiger partial charge is 0.325 e. The first-order chi connectivity index (χ1) is 6.77. The van der Waals surface area contributed by atoms with Crippen LogP contribution in [0.5, 0.6) is 0 Å². The molecule has 14 heavy (non-hydrogen) atoms. The van der Waals surface area contributed by atoms with Crippen molar-refractivity contribution < 1.29 is 9.53 Å². The van der Waals surface area contributed by atoms with Crippen LogP contribution in [0.3, 0.4) is 0 Å². The van der Waals surface area contributed by atoms with Crippen molar-refractivity contribution in [1.82, 2.24) is 5.32 Å². The van der Waals surface area contributed by atoms with Gasteiger partial charge in [-0.15, -0.1) is 0 Å². The molecule has 0 spiro atoms. The van der Waals surface area contributed by atoms with Gasteiger partial charge in [-0.3, -0.25) is 10.1 Å². The number of carbonyl (C=O) groups excluding carboxylic acids is 1. The van der Waals surface area contributed by atoms with Gasteiger partial charge in [-0.2, -0.15) is 0 Å². The van der Waals surface area contributed by atoms with Crippen molar-refractivity contribution >= 4 is 5.97 Å². The van der Waals surface area contributed by atoms with E-state index in [1.165, 1.54) is 0 Å². The zero-order valence-electron chi connectivity index (χ0n) is 8.07. The van der Waals surface area contributed by atoms with Gasteiger partial charge >= 0.3 is 5.97 Å². The van der Waals surface area contributed by atoms with Crippen molar-refractivity contribution in [3.63, 3.8) is 0 Å². The van der Waals surface area contributed by atoms with Crippen LogP contribution in [-0.2, 0) is 16.1 Å². The van der Waals surface area contributed by atoms with E-state index in [1.807, 2.05) is 37.3 Å². The molecule has 2 rings (SSSR count). The first kappa shape index (κ1) is 9.21. The lowest BCUT2D eigenvalue weighted by Crippen LogP contribution is -2.14. The Labute approximate surface area is 83.1 Å². The minimum absolute atomic E-state index is 0.0845. The molecule has 0 aromatic heterocycles. The zero-order chi connectivity index (χ0) is 9.97. The molecule has 1 fully saturated rings. The number of hydrogen-bond donors (Lipinski definition) is 1. The van der Waals surface area contributed by atoms with E-state index in [9.17, 15) is 4.79 Å². The Morgan fingerprint density at radius 2 is 2.07 bits per heavy atom. The summed E-state index contributed by atoms with van der Waals surface area (Å²) in [4.78, 5) is 11.3. The average molecular weight is 191 g/mol. The van der Waals surface area contributed by atoms with Crippen LogP contribution >= 0.6 is 0 Å². The molecule has 0 aliphatic carbocycles. The Balaban J connectivity index is 1.80. The second-order valence-corrected chi connectivity index (χ2v) is 3.53. The highest BCUT2D eigenvalue weighted by Gasteiger charge is 2.39. The van der Waals surface area contributed by atoms with Gasteiger partial charge in [0.05, 0.1) is 0 Å². The van der Waals surface area contributed by atoms with E-state index in [0.717, 1.165) is 5.56 Å². The Bertz CT molecular complexity index is 323. The molecule has 1 N–H and O–H groups in total. The summed E-state index contributed by atoms with van der Waals surface area (Å²) in [5.41, 5.74) is 1.02. The molecule has 1 aliphatic rings. The topological polar surface area (TPSA) is 48.2 Å². The second kappa shape index (κ2) is 3.80. The molecule has 74 valence electrons. The molecule has 0 amide bonds. The summed E-state index contributed by atoms with van der Waals surface area (Å²) in [6, 6.07) is 9.88. The molecule has 2 atom stereocenters. The van der Waals surface area contributed by atoms with Gasteiger partial charge < -0.3 is 4.74 Å². The van der Waals surface area contributed by atoms with E-state index in [-0.39, 0.29) is 18.1 Å². The monoisotopic (exact) mass is 191 g/mol. The molecular formula is C11H13NO2. The molecule has 1 saturated heterocycles. The molecule has 0 saturated carbocycles. The lowest BCUT2D eigenvalue weighted by molar-refractivity contribution is -0.144. The summed E-state index contributed by atoms with van der Waals surface area (Å²) in [5.74, 6) is -0.152. The maximum absolute atomic E-state index is 11.3. The van der Waals surface area contributed by atoms with Gasteiger partial charge in [-0.1, -0.05) is 30.3 Å². The molecule has 3 nitrogen and oxygen atoms in total. The van der Waals surface area contributed by atoms with E-state index < -0.39 is 0 Å². The molecule has 1 heterocycles. The van der Waals surface area contributed by atoms with E-state index in [2.05, 4.69) is 5.32 Å². The maximum atomic E-state index is 11.3. The average Bonchev–Trinajstić information content (AvgIpc) is 2.94. The minimum Gasteiger partial charge on any atom is -0.460 e. The Morgan fingerprint density at radius 1 is 1.43 bits per heavy atom. The maximum Gasteiger partial charge on any atom is 0.325 e. The lowest BCUT2D eigenvalue weighted by atomic mass is 10.2. The Kier molecular flexibility index (Phi) is 2.50. The summed E-state index contributed by atoms with van der Waals surface area (Å²) >= 11 is 0. The van der Waals surface area contributed by atoms with Crippen LogP contribution in [0.15, 0.2) is 30.3 Å². The van der Waals surface area contributed by atoms with Crippen LogP contribution in [0.25, 0.3) is 0 Å². The third-order valence-corrected chi connectivity index (χ3v) is 2.31. The molecule has 0 unspecified atom stereocenters. The summed E-state index contributed by atoms with van der Waals surface area (Å²) in [5, 5.41) is 2.99. The molecular weight excluding hydrogens is 178 g/mol. The number of nitrogens with one attached hydrogen (secondary N) is 1. The third-order valence-electron chi connectivity index (χ3n) is 2.31. The van der Waals surface area contributed by atoms with Gasteiger partial charge in [0.15, 0.2) is 0 Å². The summed E-state index contributed by atoms with van der Waals surface area (Å²) < 4.78 is 5.12. The molecule has 0 bridgehead atoms. The van der Waals surface area contributed by atoms with Crippen LogP contribution in [0.1, 0.15) is 12.5 Å². The first-order valence-electron chi connectivity index (χ1n) is 4.74. The Morgan fingerprint density at radius 3 is 2.64 bits per heavy atom. The highest BCUT2D eigenvalue weighted by Crippen LogP contribution is 2.12. The van der Waals surface area contributed by atoms with Crippen LogP contribution in [0.4, 0.5) is 0 Å². The van der Waals surface area contributed by atoms with Gasteiger partial charge in [-0.05, 0) is 12.5 Å². The van der Waals surface area contributed by atoms with E-state index in [4.69, 9.17) is 4.74 Å². The molecule has 0 radical (unpaired) electrons. The predicted octanol–water partition coefficient (Wildman–Crippen LogP) is 1.09. The largest absolute Gasteiger partial charge is 0.460 e. The van der Waals surface area contributed by atoms with Crippen LogP contribution in [-0.4, -0.2) is 18.1 Å². The summed E-state index contributed by atoms with van der Waals surface area (Å²) in [6.45, 7) is 2.33. The molecule has 3 heteroatoms. The number of benzene rings is 1. The van der Waals surface area contributed by atoms with Gasteiger partial charge in [0.2, 0.25) is 0 Å². The van der Waals surface area contributed by atoms with E-state index in [0.29, 0.717) is 6.61 Å². The first-order valence-corrected chi connectivity index (χ1v) is 4.74. The van der Waals surface area contributed by atoms with Gasteiger partial charge in [0, 0.05) is 6.04 Å². The quantitative estimate of drug-likeness (QED) is 0.574. The highest BCUT2D eigenvalue weighted by atomic mass is 16.5. The lowest BCUT2D eigenvalue weighted by Gasteiger charge is -2.02. The number of esters is 1. The second-order valence-electron chi connectivity index (χ2n) is 3.53. The molecule has 1 aromatic carbocycles. The number of hydrogen-bond acceptors (Lipinski definition) is 3. The van der Waals surface area contributed by atoms with Crippen molar-refractivity contribution in [2.75, 3.05) is 0 Å². The van der Waals surface area contributed by atoms with E-state index >= 15 is 0 Å². The van der Waals surface area contributed by atoms with Crippen molar-refractivity contribution in [3.05, 3.63) is 35.9 Å². The number of carbonyl (C=O) groups is 1. The van der Waals surface area contributed by atoms with Crippen molar-refractivity contribution in [2.24, 2.45) is 0 Å².